The highest BCUT2D eigenvalue weighted by molar-refractivity contribution is 7.22. The van der Waals surface area contributed by atoms with Crippen molar-refractivity contribution in [3.8, 4) is 0 Å². The van der Waals surface area contributed by atoms with Gasteiger partial charge in [-0.15, -0.1) is 0 Å². The average molecular weight is 475 g/mol. The Balaban J connectivity index is 1.24. The molecular weight excluding hydrogens is 447 g/mol. The zero-order valence-electron chi connectivity index (χ0n) is 19.1. The number of hydrogen-bond donors (Lipinski definition) is 0. The van der Waals surface area contributed by atoms with Gasteiger partial charge in [0, 0.05) is 33.2 Å². The van der Waals surface area contributed by atoms with Crippen LogP contribution in [0, 0.1) is 5.82 Å². The minimum atomic E-state index is -0.331. The summed E-state index contributed by atoms with van der Waals surface area (Å²) in [6.07, 6.45) is 0. The molecule has 0 aliphatic carbocycles. The molecule has 0 radical (unpaired) electrons. The predicted molar refractivity (Wildman–Crippen MR) is 136 cm³/mol. The van der Waals surface area contributed by atoms with Crippen molar-refractivity contribution in [1.29, 1.82) is 0 Å². The number of nitrogens with zero attached hydrogens (tertiary/aromatic N) is 4. The monoisotopic (exact) mass is 474 g/mol. The van der Waals surface area contributed by atoms with Gasteiger partial charge in [-0.1, -0.05) is 78.1 Å². The van der Waals surface area contributed by atoms with E-state index in [1.807, 2.05) is 35.0 Å². The van der Waals surface area contributed by atoms with Crippen molar-refractivity contribution in [2.45, 2.75) is 6.04 Å². The summed E-state index contributed by atoms with van der Waals surface area (Å²) in [6.45, 7) is 3.18. The Labute approximate surface area is 203 Å². The number of aromatic nitrogens is 1. The molecule has 1 aliphatic rings. The third-order valence-electron chi connectivity index (χ3n) is 6.32. The summed E-state index contributed by atoms with van der Waals surface area (Å²) in [4.78, 5) is 23.6. The number of halogens is 1. The maximum Gasteiger partial charge on any atom is 0.242 e. The zero-order chi connectivity index (χ0) is 23.5. The highest BCUT2D eigenvalue weighted by Gasteiger charge is 2.28. The molecular formula is C27H27FN4OS. The van der Waals surface area contributed by atoms with E-state index < -0.39 is 0 Å². The number of para-hydroxylation sites is 1. The summed E-state index contributed by atoms with van der Waals surface area (Å²) in [7, 11) is 1.84. The van der Waals surface area contributed by atoms with Crippen LogP contribution in [0.4, 0.5) is 9.52 Å². The van der Waals surface area contributed by atoms with Crippen LogP contribution in [0.1, 0.15) is 17.2 Å². The van der Waals surface area contributed by atoms with E-state index in [1.165, 1.54) is 28.5 Å². The van der Waals surface area contributed by atoms with Crippen molar-refractivity contribution in [2.75, 3.05) is 44.7 Å². The van der Waals surface area contributed by atoms with Gasteiger partial charge in [0.2, 0.25) is 5.91 Å². The first-order valence-electron chi connectivity index (χ1n) is 11.5. The molecule has 1 fully saturated rings. The van der Waals surface area contributed by atoms with Gasteiger partial charge in [-0.05, 0) is 23.3 Å². The summed E-state index contributed by atoms with van der Waals surface area (Å²) in [5.74, 6) is -0.264. The molecule has 1 saturated heterocycles. The summed E-state index contributed by atoms with van der Waals surface area (Å²) in [5, 5.41) is 0.653. The highest BCUT2D eigenvalue weighted by Crippen LogP contribution is 2.31. The molecule has 0 saturated carbocycles. The normalized spacial score (nSPS) is 14.6. The molecule has 3 aromatic carbocycles. The number of hydrogen-bond acceptors (Lipinski definition) is 5. The number of thiazole rings is 1. The molecule has 0 spiro atoms. The number of rotatable bonds is 6. The number of anilines is 1. The van der Waals surface area contributed by atoms with E-state index in [1.54, 1.807) is 6.07 Å². The van der Waals surface area contributed by atoms with Crippen molar-refractivity contribution in [3.63, 3.8) is 0 Å². The first kappa shape index (κ1) is 22.5. The molecule has 2 heterocycles. The molecule has 4 aromatic rings. The Bertz CT molecular complexity index is 1220. The Morgan fingerprint density at radius 3 is 2.15 bits per heavy atom. The van der Waals surface area contributed by atoms with Crippen molar-refractivity contribution in [3.05, 3.63) is 95.8 Å². The maximum absolute atomic E-state index is 14.0. The van der Waals surface area contributed by atoms with Gasteiger partial charge in [0.1, 0.15) is 11.3 Å². The van der Waals surface area contributed by atoms with Crippen LogP contribution in [-0.4, -0.2) is 60.5 Å². The quantitative estimate of drug-likeness (QED) is 0.402. The lowest BCUT2D eigenvalue weighted by Crippen LogP contribution is -2.51. The van der Waals surface area contributed by atoms with Gasteiger partial charge in [-0.2, -0.15) is 0 Å². The zero-order valence-corrected chi connectivity index (χ0v) is 19.9. The smallest absolute Gasteiger partial charge is 0.242 e. The number of fused-ring (bicyclic) bond motifs is 1. The van der Waals surface area contributed by atoms with Gasteiger partial charge in [0.05, 0.1) is 17.3 Å². The van der Waals surface area contributed by atoms with Crippen LogP contribution in [-0.2, 0) is 4.79 Å². The first-order valence-corrected chi connectivity index (χ1v) is 12.3. The van der Waals surface area contributed by atoms with Gasteiger partial charge in [-0.3, -0.25) is 9.69 Å². The number of benzene rings is 3. The lowest BCUT2D eigenvalue weighted by molar-refractivity contribution is -0.131. The van der Waals surface area contributed by atoms with E-state index in [2.05, 4.69) is 58.4 Å². The molecule has 174 valence electrons. The number of likely N-dealkylation sites (N-methyl/N-ethyl adjacent to an activating group) is 1. The maximum atomic E-state index is 14.0. The van der Waals surface area contributed by atoms with Crippen LogP contribution < -0.4 is 4.90 Å². The minimum Gasteiger partial charge on any atom is -0.342 e. The van der Waals surface area contributed by atoms with Gasteiger partial charge in [0.25, 0.3) is 0 Å². The fraction of sp³-hybridized carbons (Fsp3) is 0.259. The van der Waals surface area contributed by atoms with Crippen LogP contribution in [0.5, 0.6) is 0 Å². The lowest BCUT2D eigenvalue weighted by Gasteiger charge is -2.40. The Morgan fingerprint density at radius 2 is 1.56 bits per heavy atom. The van der Waals surface area contributed by atoms with Crippen LogP contribution in [0.25, 0.3) is 10.2 Å². The third kappa shape index (κ3) is 4.67. The second kappa shape index (κ2) is 9.91. The van der Waals surface area contributed by atoms with Crippen LogP contribution in [0.2, 0.25) is 0 Å². The molecule has 1 aliphatic heterocycles. The Kier molecular flexibility index (Phi) is 6.56. The molecule has 0 bridgehead atoms. The topological polar surface area (TPSA) is 39.7 Å². The van der Waals surface area contributed by atoms with E-state index in [0.29, 0.717) is 23.7 Å². The Morgan fingerprint density at radius 1 is 0.941 bits per heavy atom. The van der Waals surface area contributed by atoms with E-state index in [-0.39, 0.29) is 24.3 Å². The molecule has 5 rings (SSSR count). The second-order valence-electron chi connectivity index (χ2n) is 8.58. The second-order valence-corrected chi connectivity index (χ2v) is 9.59. The molecule has 5 nitrogen and oxygen atoms in total. The van der Waals surface area contributed by atoms with Crippen LogP contribution >= 0.6 is 11.3 Å². The van der Waals surface area contributed by atoms with Crippen LogP contribution in [0.15, 0.2) is 78.9 Å². The van der Waals surface area contributed by atoms with Gasteiger partial charge in [-0.25, -0.2) is 9.37 Å². The van der Waals surface area contributed by atoms with Gasteiger partial charge in [0.15, 0.2) is 5.13 Å². The highest BCUT2D eigenvalue weighted by atomic mass is 32.1. The number of piperazine rings is 1. The van der Waals surface area contributed by atoms with Crippen molar-refractivity contribution in [1.82, 2.24) is 14.8 Å². The lowest BCUT2D eigenvalue weighted by atomic mass is 9.96. The summed E-state index contributed by atoms with van der Waals surface area (Å²) in [5.41, 5.74) is 2.89. The van der Waals surface area contributed by atoms with E-state index in [4.69, 9.17) is 0 Å². The van der Waals surface area contributed by atoms with E-state index in [9.17, 15) is 9.18 Å². The van der Waals surface area contributed by atoms with Crippen molar-refractivity contribution >= 4 is 32.6 Å². The van der Waals surface area contributed by atoms with E-state index in [0.717, 1.165) is 17.8 Å². The fourth-order valence-corrected chi connectivity index (χ4v) is 5.49. The average Bonchev–Trinajstić information content (AvgIpc) is 3.32. The van der Waals surface area contributed by atoms with Crippen LogP contribution in [0.3, 0.4) is 0 Å². The number of amides is 1. The SMILES string of the molecule is CN(CC(=O)N1CCN(C(c2ccccc2)c2ccccc2)CC1)c1nc2c(F)cccc2s1. The first-order chi connectivity index (χ1) is 16.6. The van der Waals surface area contributed by atoms with Gasteiger partial charge < -0.3 is 9.80 Å². The molecule has 0 atom stereocenters. The standard InChI is InChI=1S/C27H27FN4OS/c1-30(27-29-25-22(28)13-8-14-23(25)34-27)19-24(33)31-15-17-32(18-16-31)26(20-9-4-2-5-10-20)21-11-6-3-7-12-21/h2-14,26H,15-19H2,1H3. The summed E-state index contributed by atoms with van der Waals surface area (Å²) in [6, 6.07) is 26.2. The number of carbonyl (C=O) groups excluding carboxylic acids is 1. The minimum absolute atomic E-state index is 0.0675. The molecule has 34 heavy (non-hydrogen) atoms. The largest absolute Gasteiger partial charge is 0.342 e. The fourth-order valence-electron chi connectivity index (χ4n) is 4.55. The van der Waals surface area contributed by atoms with E-state index >= 15 is 0 Å². The van der Waals surface area contributed by atoms with Crippen molar-refractivity contribution < 1.29 is 9.18 Å². The Hall–Kier alpha value is -3.29. The number of carbonyl (C=O) groups is 1. The van der Waals surface area contributed by atoms with Gasteiger partial charge >= 0.3 is 0 Å². The summed E-state index contributed by atoms with van der Waals surface area (Å²) >= 11 is 1.40. The molecule has 0 N–H and O–H groups in total. The van der Waals surface area contributed by atoms with Crippen molar-refractivity contribution in [2.24, 2.45) is 0 Å². The molecule has 7 heteroatoms. The predicted octanol–water partition coefficient (Wildman–Crippen LogP) is 4.81. The molecule has 1 amide bonds. The molecule has 1 aromatic heterocycles. The third-order valence-corrected chi connectivity index (χ3v) is 7.46. The molecule has 0 unspecified atom stereocenters. The summed E-state index contributed by atoms with van der Waals surface area (Å²) < 4.78 is 14.8.